The number of hydrogen-bond acceptors (Lipinski definition) is 4. The quantitative estimate of drug-likeness (QED) is 0.827. The van der Waals surface area contributed by atoms with E-state index in [4.69, 9.17) is 0 Å². The van der Waals surface area contributed by atoms with Crippen molar-refractivity contribution in [2.75, 3.05) is 7.05 Å². The average Bonchev–Trinajstić information content (AvgIpc) is 2.28. The van der Waals surface area contributed by atoms with Crippen molar-refractivity contribution in [2.24, 2.45) is 0 Å². The van der Waals surface area contributed by atoms with Gasteiger partial charge in [-0.3, -0.25) is 4.79 Å². The predicted molar refractivity (Wildman–Crippen MR) is 68.1 cm³/mol. The van der Waals surface area contributed by atoms with Gasteiger partial charge in [0.1, 0.15) is 5.82 Å². The van der Waals surface area contributed by atoms with Gasteiger partial charge in [0, 0.05) is 23.7 Å². The maximum Gasteiger partial charge on any atom is 0.251 e. The van der Waals surface area contributed by atoms with Crippen LogP contribution in [0.3, 0.4) is 0 Å². The molecule has 2 aromatic rings. The van der Waals surface area contributed by atoms with Crippen LogP contribution >= 0.6 is 11.8 Å². The molecule has 1 aromatic carbocycles. The summed E-state index contributed by atoms with van der Waals surface area (Å²) >= 11 is 1.22. The van der Waals surface area contributed by atoms with E-state index in [9.17, 15) is 9.18 Å². The molecule has 0 aliphatic carbocycles. The summed E-state index contributed by atoms with van der Waals surface area (Å²) in [6, 6.07) is 6.08. The minimum atomic E-state index is -0.302. The minimum absolute atomic E-state index is 0.223. The van der Waals surface area contributed by atoms with Gasteiger partial charge < -0.3 is 10.3 Å². The zero-order chi connectivity index (χ0) is 13.0. The molecule has 1 heterocycles. The molecule has 0 bridgehead atoms. The van der Waals surface area contributed by atoms with Gasteiger partial charge in [0.2, 0.25) is 0 Å². The molecule has 2 rings (SSSR count). The Kier molecular flexibility index (Phi) is 4.11. The summed E-state index contributed by atoms with van der Waals surface area (Å²) in [6.45, 7) is 0.587. The molecule has 0 saturated carbocycles. The maximum absolute atomic E-state index is 13.4. The second-order valence-corrected chi connectivity index (χ2v) is 4.73. The zero-order valence-electron chi connectivity index (χ0n) is 9.74. The highest BCUT2D eigenvalue weighted by molar-refractivity contribution is 7.99. The van der Waals surface area contributed by atoms with Crippen LogP contribution in [-0.4, -0.2) is 17.0 Å². The number of nitrogens with zero attached hydrogens (tertiary/aromatic N) is 1. The number of H-pyrrole nitrogens is 1. The molecule has 6 heteroatoms. The van der Waals surface area contributed by atoms with Crippen LogP contribution in [0, 0.1) is 5.82 Å². The second kappa shape index (κ2) is 5.79. The molecule has 4 nitrogen and oxygen atoms in total. The molecule has 0 saturated heterocycles. The van der Waals surface area contributed by atoms with Crippen LogP contribution < -0.4 is 10.9 Å². The summed E-state index contributed by atoms with van der Waals surface area (Å²) in [7, 11) is 1.80. The third-order valence-corrected chi connectivity index (χ3v) is 3.05. The summed E-state index contributed by atoms with van der Waals surface area (Å²) in [5.41, 5.74) is 0.623. The van der Waals surface area contributed by atoms with Crippen molar-refractivity contribution in [2.45, 2.75) is 16.6 Å². The minimum Gasteiger partial charge on any atom is -0.316 e. The van der Waals surface area contributed by atoms with Crippen molar-refractivity contribution in [1.29, 1.82) is 0 Å². The first kappa shape index (κ1) is 12.8. The van der Waals surface area contributed by atoms with E-state index in [0.717, 1.165) is 5.56 Å². The van der Waals surface area contributed by atoms with Gasteiger partial charge in [0.25, 0.3) is 5.56 Å². The Morgan fingerprint density at radius 3 is 3.00 bits per heavy atom. The Balaban J connectivity index is 2.25. The van der Waals surface area contributed by atoms with E-state index in [-0.39, 0.29) is 11.4 Å². The molecular weight excluding hydrogens is 253 g/mol. The smallest absolute Gasteiger partial charge is 0.251 e. The normalized spacial score (nSPS) is 10.6. The van der Waals surface area contributed by atoms with E-state index >= 15 is 0 Å². The molecule has 0 aliphatic heterocycles. The van der Waals surface area contributed by atoms with E-state index in [1.807, 2.05) is 6.07 Å². The molecule has 0 atom stereocenters. The fraction of sp³-hybridized carbons (Fsp3) is 0.167. The van der Waals surface area contributed by atoms with Crippen LogP contribution in [0.25, 0.3) is 0 Å². The van der Waals surface area contributed by atoms with Gasteiger partial charge in [-0.15, -0.1) is 0 Å². The largest absolute Gasteiger partial charge is 0.316 e. The number of rotatable bonds is 4. The monoisotopic (exact) mass is 265 g/mol. The predicted octanol–water partition coefficient (Wildman–Crippen LogP) is 1.78. The first-order valence-electron chi connectivity index (χ1n) is 5.34. The van der Waals surface area contributed by atoms with Gasteiger partial charge in [-0.05, 0) is 30.8 Å². The molecular formula is C12H12FN3OS. The Bertz CT molecular complexity index is 600. The lowest BCUT2D eigenvalue weighted by Crippen LogP contribution is -2.06. The number of hydrogen-bond donors (Lipinski definition) is 2. The summed E-state index contributed by atoms with van der Waals surface area (Å²) in [5.74, 6) is -0.302. The summed E-state index contributed by atoms with van der Waals surface area (Å²) in [5, 5.41) is 3.41. The van der Waals surface area contributed by atoms with Crippen molar-refractivity contribution in [1.82, 2.24) is 15.3 Å². The SMILES string of the molecule is CNCc1cc(F)cc(Sc2nccc(=O)[nH]2)c1. The standard InChI is InChI=1S/C12H12FN3OS/c1-14-7-8-4-9(13)6-10(5-8)18-12-15-3-2-11(17)16-12/h2-6,14H,7H2,1H3,(H,15,16,17). The van der Waals surface area contributed by atoms with Crippen LogP contribution in [-0.2, 0) is 6.54 Å². The van der Waals surface area contributed by atoms with Crippen LogP contribution in [0.15, 0.2) is 45.3 Å². The number of aromatic nitrogens is 2. The average molecular weight is 265 g/mol. The molecule has 0 aliphatic rings. The highest BCUT2D eigenvalue weighted by Gasteiger charge is 2.04. The van der Waals surface area contributed by atoms with Crippen molar-refractivity contribution in [3.05, 3.63) is 52.2 Å². The highest BCUT2D eigenvalue weighted by atomic mass is 32.2. The van der Waals surface area contributed by atoms with Crippen LogP contribution in [0.5, 0.6) is 0 Å². The summed E-state index contributed by atoms with van der Waals surface area (Å²) in [4.78, 5) is 18.4. The van der Waals surface area contributed by atoms with Gasteiger partial charge >= 0.3 is 0 Å². The van der Waals surface area contributed by atoms with Gasteiger partial charge in [0.05, 0.1) is 0 Å². The summed E-state index contributed by atoms with van der Waals surface area (Å²) in [6.07, 6.45) is 1.43. The molecule has 18 heavy (non-hydrogen) atoms. The lowest BCUT2D eigenvalue weighted by molar-refractivity contribution is 0.619. The molecule has 2 N–H and O–H groups in total. The van der Waals surface area contributed by atoms with Gasteiger partial charge in [-0.1, -0.05) is 11.8 Å². The van der Waals surface area contributed by atoms with E-state index < -0.39 is 0 Å². The molecule has 0 fully saturated rings. The molecule has 1 aromatic heterocycles. The van der Waals surface area contributed by atoms with Gasteiger partial charge in [-0.25, -0.2) is 9.37 Å². The van der Waals surface area contributed by atoms with E-state index in [1.165, 1.54) is 36.2 Å². The van der Waals surface area contributed by atoms with Crippen LogP contribution in [0.2, 0.25) is 0 Å². The zero-order valence-corrected chi connectivity index (χ0v) is 10.6. The fourth-order valence-electron chi connectivity index (χ4n) is 1.50. The summed E-state index contributed by atoms with van der Waals surface area (Å²) < 4.78 is 13.4. The first-order valence-corrected chi connectivity index (χ1v) is 6.16. The molecule has 0 unspecified atom stereocenters. The Morgan fingerprint density at radius 1 is 1.44 bits per heavy atom. The Labute approximate surface area is 108 Å². The molecule has 0 spiro atoms. The van der Waals surface area contributed by atoms with E-state index in [0.29, 0.717) is 16.6 Å². The van der Waals surface area contributed by atoms with Crippen molar-refractivity contribution >= 4 is 11.8 Å². The third-order valence-electron chi connectivity index (χ3n) is 2.17. The number of nitrogens with one attached hydrogen (secondary N) is 2. The molecule has 94 valence electrons. The van der Waals surface area contributed by atoms with Crippen molar-refractivity contribution in [3.63, 3.8) is 0 Å². The van der Waals surface area contributed by atoms with Crippen molar-refractivity contribution in [3.8, 4) is 0 Å². The topological polar surface area (TPSA) is 57.8 Å². The Hall–Kier alpha value is -1.66. The van der Waals surface area contributed by atoms with Gasteiger partial charge in [-0.2, -0.15) is 0 Å². The molecule has 0 radical (unpaired) electrons. The number of benzene rings is 1. The number of halogens is 1. The van der Waals surface area contributed by atoms with Crippen molar-refractivity contribution < 1.29 is 4.39 Å². The van der Waals surface area contributed by atoms with Crippen LogP contribution in [0.4, 0.5) is 4.39 Å². The van der Waals surface area contributed by atoms with E-state index in [2.05, 4.69) is 15.3 Å². The number of aromatic amines is 1. The second-order valence-electron chi connectivity index (χ2n) is 3.67. The van der Waals surface area contributed by atoms with Gasteiger partial charge in [0.15, 0.2) is 5.16 Å². The fourth-order valence-corrected chi connectivity index (χ4v) is 2.37. The van der Waals surface area contributed by atoms with Crippen LogP contribution in [0.1, 0.15) is 5.56 Å². The molecule has 0 amide bonds. The maximum atomic E-state index is 13.4. The van der Waals surface area contributed by atoms with E-state index in [1.54, 1.807) is 7.05 Å². The first-order chi connectivity index (χ1) is 8.67. The lowest BCUT2D eigenvalue weighted by Gasteiger charge is -2.05. The lowest BCUT2D eigenvalue weighted by atomic mass is 10.2. The highest BCUT2D eigenvalue weighted by Crippen LogP contribution is 2.25. The third kappa shape index (κ3) is 3.41. The Morgan fingerprint density at radius 2 is 2.28 bits per heavy atom.